The third-order valence-electron chi connectivity index (χ3n) is 5.36. The van der Waals surface area contributed by atoms with E-state index in [1.807, 2.05) is 0 Å². The van der Waals surface area contributed by atoms with E-state index in [0.29, 0.717) is 26.1 Å². The number of carbonyl (C=O) groups excluding carboxylic acids is 3. The summed E-state index contributed by atoms with van der Waals surface area (Å²) in [6.45, 7) is 0.714. The van der Waals surface area contributed by atoms with Gasteiger partial charge in [-0.25, -0.2) is 4.79 Å². The lowest BCUT2D eigenvalue weighted by atomic mass is 9.90. The van der Waals surface area contributed by atoms with Crippen molar-refractivity contribution in [1.82, 2.24) is 15.5 Å². The van der Waals surface area contributed by atoms with E-state index in [1.165, 1.54) is 19.3 Å². The van der Waals surface area contributed by atoms with Gasteiger partial charge in [-0.1, -0.05) is 32.1 Å². The van der Waals surface area contributed by atoms with E-state index in [-0.39, 0.29) is 24.4 Å². The summed E-state index contributed by atoms with van der Waals surface area (Å²) in [5.74, 6) is -0.531. The molecule has 3 aliphatic rings. The Morgan fingerprint density at radius 3 is 2.42 bits per heavy atom. The van der Waals surface area contributed by atoms with Crippen LogP contribution in [0, 0.1) is 0 Å². The standard InChI is InChI=1S/C17H27N3O4/c21-14(18-13-6-4-2-1-3-5-7-13)12-20-15(22)17(19-16(20)23)8-10-24-11-9-17/h13H,1-12H2,(H,18,21)(H,19,23). The highest BCUT2D eigenvalue weighted by Crippen LogP contribution is 2.28. The molecule has 2 saturated heterocycles. The Bertz CT molecular complexity index is 494. The molecule has 0 aromatic carbocycles. The molecule has 0 radical (unpaired) electrons. The van der Waals surface area contributed by atoms with Crippen LogP contribution in [-0.2, 0) is 14.3 Å². The van der Waals surface area contributed by atoms with Crippen molar-refractivity contribution in [3.8, 4) is 0 Å². The Morgan fingerprint density at radius 2 is 1.75 bits per heavy atom. The van der Waals surface area contributed by atoms with Crippen molar-refractivity contribution in [1.29, 1.82) is 0 Å². The molecule has 3 rings (SSSR count). The maximum Gasteiger partial charge on any atom is 0.325 e. The predicted octanol–water partition coefficient (Wildman–Crippen LogP) is 1.32. The maximum atomic E-state index is 12.6. The number of hydrogen-bond donors (Lipinski definition) is 2. The Balaban J connectivity index is 1.55. The molecule has 1 saturated carbocycles. The van der Waals surface area contributed by atoms with Crippen molar-refractivity contribution in [2.75, 3.05) is 19.8 Å². The van der Waals surface area contributed by atoms with Gasteiger partial charge in [-0.3, -0.25) is 14.5 Å². The van der Waals surface area contributed by atoms with Gasteiger partial charge < -0.3 is 15.4 Å². The molecule has 0 unspecified atom stereocenters. The van der Waals surface area contributed by atoms with Crippen LogP contribution >= 0.6 is 0 Å². The smallest absolute Gasteiger partial charge is 0.325 e. The molecule has 0 aromatic rings. The van der Waals surface area contributed by atoms with Crippen molar-refractivity contribution in [3.63, 3.8) is 0 Å². The van der Waals surface area contributed by atoms with E-state index in [4.69, 9.17) is 4.74 Å². The van der Waals surface area contributed by atoms with Gasteiger partial charge in [0.25, 0.3) is 5.91 Å². The number of carbonyl (C=O) groups is 3. The molecule has 7 nitrogen and oxygen atoms in total. The minimum Gasteiger partial charge on any atom is -0.381 e. The molecule has 1 aliphatic carbocycles. The Kier molecular flexibility index (Phi) is 5.38. The van der Waals surface area contributed by atoms with Crippen LogP contribution in [0.25, 0.3) is 0 Å². The number of rotatable bonds is 3. The highest BCUT2D eigenvalue weighted by atomic mass is 16.5. The Labute approximate surface area is 142 Å². The summed E-state index contributed by atoms with van der Waals surface area (Å²) in [6, 6.07) is -0.301. The predicted molar refractivity (Wildman–Crippen MR) is 87.3 cm³/mol. The minimum absolute atomic E-state index is 0.163. The molecule has 2 N–H and O–H groups in total. The third kappa shape index (κ3) is 3.71. The normalized spacial score (nSPS) is 25.2. The summed E-state index contributed by atoms with van der Waals surface area (Å²) < 4.78 is 5.28. The van der Waals surface area contributed by atoms with E-state index in [0.717, 1.165) is 30.6 Å². The maximum absolute atomic E-state index is 12.6. The van der Waals surface area contributed by atoms with Crippen LogP contribution < -0.4 is 10.6 Å². The van der Waals surface area contributed by atoms with Crippen molar-refractivity contribution in [2.45, 2.75) is 69.4 Å². The van der Waals surface area contributed by atoms with Crippen LogP contribution in [0.1, 0.15) is 57.8 Å². The molecule has 3 fully saturated rings. The zero-order valence-electron chi connectivity index (χ0n) is 14.1. The Hall–Kier alpha value is -1.63. The summed E-state index contributed by atoms with van der Waals surface area (Å²) in [5, 5.41) is 5.78. The van der Waals surface area contributed by atoms with Crippen molar-refractivity contribution >= 4 is 17.8 Å². The molecular weight excluding hydrogens is 310 g/mol. The molecule has 24 heavy (non-hydrogen) atoms. The third-order valence-corrected chi connectivity index (χ3v) is 5.36. The molecule has 1 spiro atoms. The average molecular weight is 337 g/mol. The van der Waals surface area contributed by atoms with Crippen LogP contribution in [-0.4, -0.2) is 54.1 Å². The van der Waals surface area contributed by atoms with Crippen LogP contribution in [0.5, 0.6) is 0 Å². The minimum atomic E-state index is -0.865. The molecule has 2 heterocycles. The zero-order valence-corrected chi connectivity index (χ0v) is 14.1. The average Bonchev–Trinajstić information content (AvgIpc) is 2.75. The lowest BCUT2D eigenvalue weighted by Crippen LogP contribution is -2.51. The molecule has 0 aromatic heterocycles. The van der Waals surface area contributed by atoms with Gasteiger partial charge in [0.15, 0.2) is 0 Å². The van der Waals surface area contributed by atoms with Crippen molar-refractivity contribution in [3.05, 3.63) is 0 Å². The fourth-order valence-corrected chi connectivity index (χ4v) is 3.90. The number of hydrogen-bond acceptors (Lipinski definition) is 4. The van der Waals surface area contributed by atoms with E-state index >= 15 is 0 Å². The van der Waals surface area contributed by atoms with E-state index in [9.17, 15) is 14.4 Å². The summed E-state index contributed by atoms with van der Waals surface area (Å²) in [6.07, 6.45) is 8.84. The molecule has 2 aliphatic heterocycles. The van der Waals surface area contributed by atoms with E-state index < -0.39 is 11.6 Å². The monoisotopic (exact) mass is 337 g/mol. The van der Waals surface area contributed by atoms with Gasteiger partial charge in [0.2, 0.25) is 5.91 Å². The molecular formula is C17H27N3O4. The van der Waals surface area contributed by atoms with E-state index in [1.54, 1.807) is 0 Å². The van der Waals surface area contributed by atoms with Crippen LogP contribution in [0.15, 0.2) is 0 Å². The zero-order chi connectivity index (χ0) is 17.0. The van der Waals surface area contributed by atoms with Gasteiger partial charge in [0, 0.05) is 32.1 Å². The number of ether oxygens (including phenoxy) is 1. The first-order valence-electron chi connectivity index (χ1n) is 9.12. The molecule has 0 bridgehead atoms. The summed E-state index contributed by atoms with van der Waals surface area (Å²) in [5.41, 5.74) is -0.865. The van der Waals surface area contributed by atoms with Gasteiger partial charge in [0.05, 0.1) is 0 Å². The quantitative estimate of drug-likeness (QED) is 0.760. The first-order valence-corrected chi connectivity index (χ1v) is 9.12. The SMILES string of the molecule is O=C(CN1C(=O)NC2(CCOCC2)C1=O)NC1CCCCCCC1. The number of amides is 4. The highest BCUT2D eigenvalue weighted by molar-refractivity contribution is 6.09. The molecule has 0 atom stereocenters. The van der Waals surface area contributed by atoms with E-state index in [2.05, 4.69) is 10.6 Å². The second-order valence-electron chi connectivity index (χ2n) is 7.13. The van der Waals surface area contributed by atoms with Crippen LogP contribution in [0.3, 0.4) is 0 Å². The first-order chi connectivity index (χ1) is 11.6. The number of imide groups is 1. The fourth-order valence-electron chi connectivity index (χ4n) is 3.90. The molecule has 7 heteroatoms. The number of nitrogens with zero attached hydrogens (tertiary/aromatic N) is 1. The summed E-state index contributed by atoms with van der Waals surface area (Å²) in [7, 11) is 0. The number of urea groups is 1. The lowest BCUT2D eigenvalue weighted by molar-refractivity contribution is -0.137. The molecule has 134 valence electrons. The topological polar surface area (TPSA) is 87.7 Å². The van der Waals surface area contributed by atoms with Crippen molar-refractivity contribution < 1.29 is 19.1 Å². The van der Waals surface area contributed by atoms with Gasteiger partial charge >= 0.3 is 6.03 Å². The second-order valence-corrected chi connectivity index (χ2v) is 7.13. The lowest BCUT2D eigenvalue weighted by Gasteiger charge is -2.30. The Morgan fingerprint density at radius 1 is 1.12 bits per heavy atom. The van der Waals surface area contributed by atoms with Gasteiger partial charge in [-0.05, 0) is 12.8 Å². The largest absolute Gasteiger partial charge is 0.381 e. The van der Waals surface area contributed by atoms with Crippen LogP contribution in [0.4, 0.5) is 4.79 Å². The fraction of sp³-hybridized carbons (Fsp3) is 0.824. The van der Waals surface area contributed by atoms with Crippen molar-refractivity contribution in [2.24, 2.45) is 0 Å². The summed E-state index contributed by atoms with van der Waals surface area (Å²) in [4.78, 5) is 38.2. The van der Waals surface area contributed by atoms with Gasteiger partial charge in [-0.2, -0.15) is 0 Å². The molecule has 4 amide bonds. The second kappa shape index (κ2) is 7.51. The summed E-state index contributed by atoms with van der Waals surface area (Å²) >= 11 is 0. The van der Waals surface area contributed by atoms with Gasteiger partial charge in [-0.15, -0.1) is 0 Å². The first kappa shape index (κ1) is 17.2. The number of nitrogens with one attached hydrogen (secondary N) is 2. The highest BCUT2D eigenvalue weighted by Gasteiger charge is 2.52. The van der Waals surface area contributed by atoms with Gasteiger partial charge in [0.1, 0.15) is 12.1 Å². The van der Waals surface area contributed by atoms with Crippen LogP contribution in [0.2, 0.25) is 0 Å².